The number of methoxy groups -OCH3 is 1. The smallest absolute Gasteiger partial charge is 0.135 e. The van der Waals surface area contributed by atoms with Crippen molar-refractivity contribution in [3.8, 4) is 17.2 Å². The molecule has 0 atom stereocenters. The Kier molecular flexibility index (Phi) is 2.11. The maximum Gasteiger partial charge on any atom is 0.135 e. The first-order chi connectivity index (χ1) is 7.02. The molecule has 1 aromatic carbocycles. The van der Waals surface area contributed by atoms with Crippen molar-refractivity contribution in [2.75, 3.05) is 7.11 Å². The largest absolute Gasteiger partial charge is 0.507 e. The number of fused-ring (bicyclic) bond motifs is 1. The van der Waals surface area contributed by atoms with Crippen molar-refractivity contribution in [3.05, 3.63) is 23.8 Å². The van der Waals surface area contributed by atoms with Crippen LogP contribution in [0.2, 0.25) is 0 Å². The minimum atomic E-state index is -0.341. The van der Waals surface area contributed by atoms with Gasteiger partial charge in [0.1, 0.15) is 22.8 Å². The third kappa shape index (κ3) is 1.77. The monoisotopic (exact) mass is 206 g/mol. The van der Waals surface area contributed by atoms with Crippen LogP contribution in [0.15, 0.2) is 18.2 Å². The van der Waals surface area contributed by atoms with E-state index in [1.165, 1.54) is 0 Å². The number of hydrogen-bond donors (Lipinski definition) is 1. The van der Waals surface area contributed by atoms with Gasteiger partial charge in [-0.2, -0.15) is 0 Å². The van der Waals surface area contributed by atoms with E-state index < -0.39 is 0 Å². The van der Waals surface area contributed by atoms with Gasteiger partial charge in [-0.05, 0) is 26.0 Å². The molecule has 0 bridgehead atoms. The molecular weight excluding hydrogens is 192 g/mol. The van der Waals surface area contributed by atoms with Crippen molar-refractivity contribution in [3.63, 3.8) is 0 Å². The molecule has 0 spiro atoms. The molecule has 0 fully saturated rings. The molecule has 15 heavy (non-hydrogen) atoms. The molecule has 2 rings (SSSR count). The Morgan fingerprint density at radius 1 is 1.33 bits per heavy atom. The van der Waals surface area contributed by atoms with Crippen LogP contribution in [0, 0.1) is 0 Å². The number of hydrogen-bond acceptors (Lipinski definition) is 3. The van der Waals surface area contributed by atoms with E-state index in [-0.39, 0.29) is 11.4 Å². The summed E-state index contributed by atoms with van der Waals surface area (Å²) in [6.07, 6.45) is 3.79. The number of phenols is 1. The SMILES string of the molecule is COc1cc(O)c2c(c1)OC(C)(C)C=C2. The number of benzene rings is 1. The van der Waals surface area contributed by atoms with E-state index in [2.05, 4.69) is 0 Å². The molecule has 80 valence electrons. The Hall–Kier alpha value is -1.64. The molecule has 0 aliphatic carbocycles. The molecule has 0 aromatic heterocycles. The molecule has 0 unspecified atom stereocenters. The minimum Gasteiger partial charge on any atom is -0.507 e. The van der Waals surface area contributed by atoms with E-state index in [9.17, 15) is 5.11 Å². The molecule has 0 saturated carbocycles. The maximum atomic E-state index is 9.73. The summed E-state index contributed by atoms with van der Waals surface area (Å²) in [5.41, 5.74) is 0.362. The van der Waals surface area contributed by atoms with E-state index in [1.807, 2.05) is 26.0 Å². The summed E-state index contributed by atoms with van der Waals surface area (Å²) >= 11 is 0. The fourth-order valence-electron chi connectivity index (χ4n) is 1.56. The van der Waals surface area contributed by atoms with Gasteiger partial charge in [0.2, 0.25) is 0 Å². The van der Waals surface area contributed by atoms with Crippen LogP contribution >= 0.6 is 0 Å². The Morgan fingerprint density at radius 2 is 2.07 bits per heavy atom. The van der Waals surface area contributed by atoms with Gasteiger partial charge >= 0.3 is 0 Å². The zero-order valence-corrected chi connectivity index (χ0v) is 9.07. The second-order valence-electron chi connectivity index (χ2n) is 4.10. The van der Waals surface area contributed by atoms with Crippen LogP contribution in [0.1, 0.15) is 19.4 Å². The molecule has 1 heterocycles. The quantitative estimate of drug-likeness (QED) is 0.767. The van der Waals surface area contributed by atoms with E-state index in [0.29, 0.717) is 17.1 Å². The predicted octanol–water partition coefficient (Wildman–Crippen LogP) is 2.59. The van der Waals surface area contributed by atoms with Gasteiger partial charge in [0, 0.05) is 12.1 Å². The molecule has 1 aliphatic heterocycles. The van der Waals surface area contributed by atoms with Crippen molar-refractivity contribution in [2.24, 2.45) is 0 Å². The second kappa shape index (κ2) is 3.19. The number of ether oxygens (including phenoxy) is 2. The summed E-state index contributed by atoms with van der Waals surface area (Å²) in [5, 5.41) is 9.73. The van der Waals surface area contributed by atoms with Crippen molar-refractivity contribution in [1.29, 1.82) is 0 Å². The highest BCUT2D eigenvalue weighted by Gasteiger charge is 2.23. The highest BCUT2D eigenvalue weighted by molar-refractivity contribution is 5.68. The molecule has 1 aliphatic rings. The Balaban J connectivity index is 2.52. The standard InChI is InChI=1S/C12H14O3/c1-12(2)5-4-9-10(13)6-8(14-3)7-11(9)15-12/h4-7,13H,1-3H3. The first-order valence-corrected chi connectivity index (χ1v) is 4.81. The second-order valence-corrected chi connectivity index (χ2v) is 4.10. The molecule has 1 aromatic rings. The van der Waals surface area contributed by atoms with Gasteiger partial charge in [-0.3, -0.25) is 0 Å². The van der Waals surface area contributed by atoms with Gasteiger partial charge < -0.3 is 14.6 Å². The minimum absolute atomic E-state index is 0.177. The number of phenolic OH excluding ortho intramolecular Hbond substituents is 1. The van der Waals surface area contributed by atoms with Crippen LogP contribution in [-0.2, 0) is 0 Å². The predicted molar refractivity (Wildman–Crippen MR) is 58.4 cm³/mol. The Morgan fingerprint density at radius 3 is 2.73 bits per heavy atom. The van der Waals surface area contributed by atoms with Gasteiger partial charge in [-0.1, -0.05) is 0 Å². The van der Waals surface area contributed by atoms with E-state index in [0.717, 1.165) is 0 Å². The lowest BCUT2D eigenvalue weighted by Crippen LogP contribution is -2.27. The van der Waals surface area contributed by atoms with E-state index >= 15 is 0 Å². The van der Waals surface area contributed by atoms with Crippen LogP contribution in [0.4, 0.5) is 0 Å². The van der Waals surface area contributed by atoms with Crippen LogP contribution in [0.5, 0.6) is 17.2 Å². The number of aromatic hydroxyl groups is 1. The third-order valence-electron chi connectivity index (χ3n) is 2.35. The summed E-state index contributed by atoms with van der Waals surface area (Å²) in [7, 11) is 1.56. The Bertz CT molecular complexity index is 419. The van der Waals surface area contributed by atoms with Crippen LogP contribution in [0.3, 0.4) is 0 Å². The average Bonchev–Trinajstić information content (AvgIpc) is 2.15. The molecule has 1 N–H and O–H groups in total. The highest BCUT2D eigenvalue weighted by Crippen LogP contribution is 2.39. The maximum absolute atomic E-state index is 9.73. The van der Waals surface area contributed by atoms with Gasteiger partial charge in [-0.25, -0.2) is 0 Å². The molecule has 0 saturated heterocycles. The topological polar surface area (TPSA) is 38.7 Å². The van der Waals surface area contributed by atoms with Gasteiger partial charge in [0.15, 0.2) is 0 Å². The summed E-state index contributed by atoms with van der Waals surface area (Å²) in [6.45, 7) is 3.92. The van der Waals surface area contributed by atoms with Gasteiger partial charge in [0.05, 0.1) is 12.7 Å². The summed E-state index contributed by atoms with van der Waals surface area (Å²) < 4.78 is 10.8. The third-order valence-corrected chi connectivity index (χ3v) is 2.35. The normalized spacial score (nSPS) is 16.7. The number of rotatable bonds is 1. The molecule has 0 radical (unpaired) electrons. The van der Waals surface area contributed by atoms with E-state index in [1.54, 1.807) is 19.2 Å². The van der Waals surface area contributed by atoms with E-state index in [4.69, 9.17) is 9.47 Å². The summed E-state index contributed by atoms with van der Waals surface area (Å²) in [5.74, 6) is 1.42. The lowest BCUT2D eigenvalue weighted by atomic mass is 10.0. The first kappa shape index (κ1) is 9.90. The van der Waals surface area contributed by atoms with Crippen molar-refractivity contribution in [2.45, 2.75) is 19.4 Å². The van der Waals surface area contributed by atoms with Crippen LogP contribution in [-0.4, -0.2) is 17.8 Å². The molecule has 3 nitrogen and oxygen atoms in total. The van der Waals surface area contributed by atoms with Crippen molar-refractivity contribution >= 4 is 6.08 Å². The van der Waals surface area contributed by atoms with Crippen LogP contribution in [0.25, 0.3) is 6.08 Å². The summed E-state index contributed by atoms with van der Waals surface area (Å²) in [6, 6.07) is 3.35. The fraction of sp³-hybridized carbons (Fsp3) is 0.333. The lowest BCUT2D eigenvalue weighted by Gasteiger charge is -2.28. The summed E-state index contributed by atoms with van der Waals surface area (Å²) in [4.78, 5) is 0. The first-order valence-electron chi connectivity index (χ1n) is 4.81. The zero-order valence-electron chi connectivity index (χ0n) is 9.07. The van der Waals surface area contributed by atoms with Gasteiger partial charge in [-0.15, -0.1) is 0 Å². The zero-order chi connectivity index (χ0) is 11.1. The van der Waals surface area contributed by atoms with Crippen molar-refractivity contribution in [1.82, 2.24) is 0 Å². The highest BCUT2D eigenvalue weighted by atomic mass is 16.5. The molecule has 0 amide bonds. The van der Waals surface area contributed by atoms with Crippen molar-refractivity contribution < 1.29 is 14.6 Å². The van der Waals surface area contributed by atoms with Crippen LogP contribution < -0.4 is 9.47 Å². The van der Waals surface area contributed by atoms with Gasteiger partial charge in [0.25, 0.3) is 0 Å². The Labute approximate surface area is 88.9 Å². The lowest BCUT2D eigenvalue weighted by molar-refractivity contribution is 0.157. The average molecular weight is 206 g/mol. The fourth-order valence-corrected chi connectivity index (χ4v) is 1.56. The molecule has 3 heteroatoms. The molecular formula is C12H14O3.